The molecule has 0 radical (unpaired) electrons. The molecular formula is C16H28N4O3. The molecule has 0 spiro atoms. The number of amides is 3. The molecule has 3 amide bonds. The number of carbonyl (C=O) groups excluding carboxylic acids is 3. The van der Waals surface area contributed by atoms with E-state index < -0.39 is 6.04 Å². The van der Waals surface area contributed by atoms with Gasteiger partial charge in [-0.1, -0.05) is 12.8 Å². The van der Waals surface area contributed by atoms with Gasteiger partial charge >= 0.3 is 0 Å². The predicted molar refractivity (Wildman–Crippen MR) is 86.4 cm³/mol. The van der Waals surface area contributed by atoms with Crippen molar-refractivity contribution >= 4 is 17.7 Å². The maximum absolute atomic E-state index is 12.4. The molecule has 2 fully saturated rings. The van der Waals surface area contributed by atoms with E-state index >= 15 is 0 Å². The fraction of sp³-hybridized carbons (Fsp3) is 0.812. The van der Waals surface area contributed by atoms with Crippen molar-refractivity contribution in [2.75, 3.05) is 26.7 Å². The first kappa shape index (κ1) is 17.7. The smallest absolute Gasteiger partial charge is 0.242 e. The number of nitrogens with zero attached hydrogens (tertiary/aromatic N) is 2. The first-order valence-electron chi connectivity index (χ1n) is 8.57. The zero-order chi connectivity index (χ0) is 16.8. The second-order valence-corrected chi connectivity index (χ2v) is 6.47. The van der Waals surface area contributed by atoms with Crippen molar-refractivity contribution in [1.29, 1.82) is 0 Å². The van der Waals surface area contributed by atoms with E-state index in [0.29, 0.717) is 13.0 Å². The van der Waals surface area contributed by atoms with Gasteiger partial charge in [-0.25, -0.2) is 0 Å². The van der Waals surface area contributed by atoms with E-state index in [-0.39, 0.29) is 36.6 Å². The van der Waals surface area contributed by atoms with E-state index in [2.05, 4.69) is 5.32 Å². The summed E-state index contributed by atoms with van der Waals surface area (Å²) in [7, 11) is 1.55. The number of hydrogen-bond acceptors (Lipinski definition) is 4. The maximum Gasteiger partial charge on any atom is 0.242 e. The summed E-state index contributed by atoms with van der Waals surface area (Å²) in [5.74, 6) is -0.305. The Kier molecular flexibility index (Phi) is 6.38. The van der Waals surface area contributed by atoms with E-state index in [4.69, 9.17) is 5.73 Å². The molecule has 2 aliphatic rings. The normalized spacial score (nSPS) is 25.1. The molecule has 7 heteroatoms. The van der Waals surface area contributed by atoms with E-state index in [1.54, 1.807) is 7.05 Å². The summed E-state index contributed by atoms with van der Waals surface area (Å²) in [4.78, 5) is 39.9. The van der Waals surface area contributed by atoms with Gasteiger partial charge in [0.05, 0.1) is 0 Å². The Balaban J connectivity index is 1.85. The van der Waals surface area contributed by atoms with Gasteiger partial charge in [0.25, 0.3) is 0 Å². The van der Waals surface area contributed by atoms with Crippen LogP contribution in [0.25, 0.3) is 0 Å². The minimum atomic E-state index is -0.504. The van der Waals surface area contributed by atoms with Crippen LogP contribution in [0.15, 0.2) is 0 Å². The van der Waals surface area contributed by atoms with Gasteiger partial charge in [-0.3, -0.25) is 14.4 Å². The summed E-state index contributed by atoms with van der Waals surface area (Å²) in [5, 5.41) is 2.57. The molecule has 0 bridgehead atoms. The Hall–Kier alpha value is -1.63. The summed E-state index contributed by atoms with van der Waals surface area (Å²) in [6, 6.07) is -0.682. The lowest BCUT2D eigenvalue weighted by molar-refractivity contribution is -0.140. The van der Waals surface area contributed by atoms with Crippen molar-refractivity contribution in [2.24, 2.45) is 5.73 Å². The molecule has 0 aromatic heterocycles. The van der Waals surface area contributed by atoms with Crippen LogP contribution in [0.1, 0.15) is 44.9 Å². The van der Waals surface area contributed by atoms with Gasteiger partial charge in [-0.15, -0.1) is 0 Å². The third-order valence-electron chi connectivity index (χ3n) is 4.71. The van der Waals surface area contributed by atoms with E-state index in [1.807, 2.05) is 4.90 Å². The van der Waals surface area contributed by atoms with Crippen LogP contribution in [0.4, 0.5) is 0 Å². The highest BCUT2D eigenvalue weighted by molar-refractivity contribution is 5.90. The van der Waals surface area contributed by atoms with Crippen LogP contribution in [0.3, 0.4) is 0 Å². The molecule has 130 valence electrons. The molecule has 3 N–H and O–H groups in total. The Morgan fingerprint density at radius 3 is 2.26 bits per heavy atom. The van der Waals surface area contributed by atoms with Crippen LogP contribution in [-0.4, -0.2) is 66.3 Å². The van der Waals surface area contributed by atoms with Crippen molar-refractivity contribution in [3.63, 3.8) is 0 Å². The summed E-state index contributed by atoms with van der Waals surface area (Å²) in [5.41, 5.74) is 5.89. The summed E-state index contributed by atoms with van der Waals surface area (Å²) >= 11 is 0. The zero-order valence-electron chi connectivity index (χ0n) is 13.9. The quantitative estimate of drug-likeness (QED) is 0.751. The number of nitrogens with two attached hydrogens (primary N) is 1. The first-order chi connectivity index (χ1) is 11.0. The minimum Gasteiger partial charge on any atom is -0.357 e. The minimum absolute atomic E-state index is 0.0419. The lowest BCUT2D eigenvalue weighted by Crippen LogP contribution is -2.45. The molecule has 2 heterocycles. The van der Waals surface area contributed by atoms with Gasteiger partial charge in [-0.2, -0.15) is 0 Å². The van der Waals surface area contributed by atoms with Crippen LogP contribution in [0, 0.1) is 0 Å². The molecule has 2 atom stereocenters. The van der Waals surface area contributed by atoms with Crippen molar-refractivity contribution < 1.29 is 14.4 Å². The zero-order valence-corrected chi connectivity index (χ0v) is 13.9. The van der Waals surface area contributed by atoms with Crippen molar-refractivity contribution in [1.82, 2.24) is 15.1 Å². The topological polar surface area (TPSA) is 95.7 Å². The summed E-state index contributed by atoms with van der Waals surface area (Å²) in [6.45, 7) is 1.97. The van der Waals surface area contributed by atoms with E-state index in [0.717, 1.165) is 25.9 Å². The Morgan fingerprint density at radius 1 is 1.04 bits per heavy atom. The van der Waals surface area contributed by atoms with Gasteiger partial charge in [-0.05, 0) is 19.3 Å². The highest BCUT2D eigenvalue weighted by atomic mass is 16.2. The summed E-state index contributed by atoms with van der Waals surface area (Å²) < 4.78 is 0. The maximum atomic E-state index is 12.4. The lowest BCUT2D eigenvalue weighted by Gasteiger charge is -2.24. The van der Waals surface area contributed by atoms with Gasteiger partial charge < -0.3 is 20.9 Å². The largest absolute Gasteiger partial charge is 0.357 e. The molecule has 23 heavy (non-hydrogen) atoms. The fourth-order valence-corrected chi connectivity index (χ4v) is 3.39. The molecule has 7 nitrogen and oxygen atoms in total. The second-order valence-electron chi connectivity index (χ2n) is 6.47. The average Bonchev–Trinajstić information content (AvgIpc) is 2.77. The molecule has 0 aliphatic carbocycles. The van der Waals surface area contributed by atoms with E-state index in [1.165, 1.54) is 17.7 Å². The number of carbonyl (C=O) groups is 3. The van der Waals surface area contributed by atoms with E-state index in [9.17, 15) is 14.4 Å². The number of hydrogen-bond donors (Lipinski definition) is 2. The monoisotopic (exact) mass is 324 g/mol. The van der Waals surface area contributed by atoms with Crippen LogP contribution in [0.5, 0.6) is 0 Å². The van der Waals surface area contributed by atoms with Crippen LogP contribution in [0.2, 0.25) is 0 Å². The molecule has 2 rings (SSSR count). The lowest BCUT2D eigenvalue weighted by atomic mass is 10.1. The first-order valence-corrected chi connectivity index (χ1v) is 8.57. The fourth-order valence-electron chi connectivity index (χ4n) is 3.39. The molecule has 0 saturated carbocycles. The third-order valence-corrected chi connectivity index (χ3v) is 4.71. The standard InChI is InChI=1S/C16H28N4O3/c1-18-16(23)13-10-12(17)11-20(13)15(22)7-6-14(21)19-8-4-2-3-5-9-19/h12-13H,2-11,17H2,1H3,(H,18,23)/t12-,13-/m0/s1. The van der Waals surface area contributed by atoms with Crippen LogP contribution < -0.4 is 11.1 Å². The van der Waals surface area contributed by atoms with Gasteiger partial charge in [0.2, 0.25) is 17.7 Å². The highest BCUT2D eigenvalue weighted by Gasteiger charge is 2.37. The van der Waals surface area contributed by atoms with Gasteiger partial charge in [0.15, 0.2) is 0 Å². The Morgan fingerprint density at radius 2 is 1.65 bits per heavy atom. The Labute approximate surface area is 137 Å². The number of likely N-dealkylation sites (N-methyl/N-ethyl adjacent to an activating group) is 1. The van der Waals surface area contributed by atoms with Gasteiger partial charge in [0, 0.05) is 45.6 Å². The number of likely N-dealkylation sites (tertiary alicyclic amines) is 2. The molecule has 0 aromatic carbocycles. The SMILES string of the molecule is CNC(=O)[C@@H]1C[C@H](N)CN1C(=O)CCC(=O)N1CCCCCC1. The van der Waals surface area contributed by atoms with Crippen molar-refractivity contribution in [2.45, 2.75) is 57.0 Å². The molecule has 0 aromatic rings. The van der Waals surface area contributed by atoms with Crippen LogP contribution in [-0.2, 0) is 14.4 Å². The molecule has 2 saturated heterocycles. The number of nitrogens with one attached hydrogen (secondary N) is 1. The summed E-state index contributed by atoms with van der Waals surface area (Å²) in [6.07, 6.45) is 5.26. The molecular weight excluding hydrogens is 296 g/mol. The predicted octanol–water partition coefficient (Wildman–Crippen LogP) is -0.157. The average molecular weight is 324 g/mol. The van der Waals surface area contributed by atoms with Gasteiger partial charge in [0.1, 0.15) is 6.04 Å². The third kappa shape index (κ3) is 4.67. The highest BCUT2D eigenvalue weighted by Crippen LogP contribution is 2.19. The molecule has 2 aliphatic heterocycles. The Bertz CT molecular complexity index is 447. The molecule has 0 unspecified atom stereocenters. The number of rotatable bonds is 4. The second kappa shape index (κ2) is 8.29. The van der Waals surface area contributed by atoms with Crippen molar-refractivity contribution in [3.8, 4) is 0 Å². The van der Waals surface area contributed by atoms with Crippen LogP contribution >= 0.6 is 0 Å². The van der Waals surface area contributed by atoms with Crippen molar-refractivity contribution in [3.05, 3.63) is 0 Å².